The third-order valence-electron chi connectivity index (χ3n) is 4.43. The highest BCUT2D eigenvalue weighted by Crippen LogP contribution is 2.33. The standard InChI is InChI=1S/C18H19NO5/c20-16(21)12-13-3-1-4-14(11-13)18(23)6-8-19(9-7-18)17(22)15-5-2-10-24-15/h1-5,10-11,23H,6-9,12H2,(H,20,21). The molecule has 126 valence electrons. The zero-order valence-corrected chi connectivity index (χ0v) is 13.1. The number of amides is 1. The Morgan fingerprint density at radius 2 is 1.92 bits per heavy atom. The fourth-order valence-corrected chi connectivity index (χ4v) is 3.07. The van der Waals surface area contributed by atoms with E-state index >= 15 is 0 Å². The van der Waals surface area contributed by atoms with E-state index in [4.69, 9.17) is 9.52 Å². The maximum atomic E-state index is 12.3. The van der Waals surface area contributed by atoms with Crippen molar-refractivity contribution in [3.63, 3.8) is 0 Å². The Labute approximate surface area is 139 Å². The van der Waals surface area contributed by atoms with Gasteiger partial charge in [-0.3, -0.25) is 9.59 Å². The first-order valence-electron chi connectivity index (χ1n) is 7.84. The number of furan rings is 1. The van der Waals surface area contributed by atoms with Crippen molar-refractivity contribution in [2.75, 3.05) is 13.1 Å². The number of carbonyl (C=O) groups excluding carboxylic acids is 1. The van der Waals surface area contributed by atoms with Crippen LogP contribution >= 0.6 is 0 Å². The number of carboxylic acids is 1. The van der Waals surface area contributed by atoms with Crippen LogP contribution in [0.25, 0.3) is 0 Å². The average Bonchev–Trinajstić information content (AvgIpc) is 3.09. The Morgan fingerprint density at radius 3 is 2.54 bits per heavy atom. The van der Waals surface area contributed by atoms with E-state index in [1.807, 2.05) is 0 Å². The van der Waals surface area contributed by atoms with Crippen LogP contribution in [-0.2, 0) is 16.8 Å². The average molecular weight is 329 g/mol. The van der Waals surface area contributed by atoms with Crippen molar-refractivity contribution in [1.29, 1.82) is 0 Å². The fourth-order valence-electron chi connectivity index (χ4n) is 3.07. The molecule has 0 aliphatic carbocycles. The molecule has 0 saturated carbocycles. The molecule has 2 aromatic rings. The minimum Gasteiger partial charge on any atom is -0.481 e. The molecule has 0 radical (unpaired) electrons. The molecule has 1 aliphatic rings. The van der Waals surface area contributed by atoms with E-state index in [-0.39, 0.29) is 12.3 Å². The van der Waals surface area contributed by atoms with E-state index in [1.165, 1.54) is 6.26 Å². The van der Waals surface area contributed by atoms with Crippen LogP contribution in [0.15, 0.2) is 47.1 Å². The van der Waals surface area contributed by atoms with Crippen LogP contribution in [0, 0.1) is 0 Å². The van der Waals surface area contributed by atoms with Gasteiger partial charge in [-0.1, -0.05) is 24.3 Å². The molecule has 1 aromatic carbocycles. The molecule has 6 heteroatoms. The monoisotopic (exact) mass is 329 g/mol. The fraction of sp³-hybridized carbons (Fsp3) is 0.333. The van der Waals surface area contributed by atoms with E-state index < -0.39 is 11.6 Å². The van der Waals surface area contributed by atoms with Gasteiger partial charge in [0.25, 0.3) is 5.91 Å². The number of rotatable bonds is 4. The molecule has 0 unspecified atom stereocenters. The van der Waals surface area contributed by atoms with Gasteiger partial charge in [0.2, 0.25) is 0 Å². The maximum Gasteiger partial charge on any atom is 0.307 e. The highest BCUT2D eigenvalue weighted by atomic mass is 16.4. The lowest BCUT2D eigenvalue weighted by Gasteiger charge is -2.38. The van der Waals surface area contributed by atoms with Crippen molar-refractivity contribution < 1.29 is 24.2 Å². The SMILES string of the molecule is O=C(O)Cc1cccc(C2(O)CCN(C(=O)c3ccco3)CC2)c1. The number of likely N-dealkylation sites (tertiary alicyclic amines) is 1. The molecule has 1 aliphatic heterocycles. The molecule has 1 amide bonds. The van der Waals surface area contributed by atoms with Gasteiger partial charge >= 0.3 is 5.97 Å². The van der Waals surface area contributed by atoms with E-state index in [0.29, 0.717) is 42.8 Å². The first-order chi connectivity index (χ1) is 11.5. The van der Waals surface area contributed by atoms with Gasteiger partial charge in [-0.2, -0.15) is 0 Å². The number of aliphatic hydroxyl groups is 1. The van der Waals surface area contributed by atoms with Crippen LogP contribution in [0.3, 0.4) is 0 Å². The van der Waals surface area contributed by atoms with Crippen molar-refractivity contribution in [2.24, 2.45) is 0 Å². The van der Waals surface area contributed by atoms with Gasteiger partial charge < -0.3 is 19.5 Å². The van der Waals surface area contributed by atoms with Crippen LogP contribution in [-0.4, -0.2) is 40.1 Å². The van der Waals surface area contributed by atoms with Crippen molar-refractivity contribution in [2.45, 2.75) is 24.9 Å². The summed E-state index contributed by atoms with van der Waals surface area (Å²) >= 11 is 0. The smallest absolute Gasteiger partial charge is 0.307 e. The Morgan fingerprint density at radius 1 is 1.17 bits per heavy atom. The molecule has 1 fully saturated rings. The summed E-state index contributed by atoms with van der Waals surface area (Å²) in [5.41, 5.74) is 0.308. The molecule has 0 bridgehead atoms. The lowest BCUT2D eigenvalue weighted by atomic mass is 9.83. The summed E-state index contributed by atoms with van der Waals surface area (Å²) in [7, 11) is 0. The predicted octanol–water partition coefficient (Wildman–Crippen LogP) is 2.03. The molecule has 0 spiro atoms. The van der Waals surface area contributed by atoms with Gasteiger partial charge in [0, 0.05) is 13.1 Å². The summed E-state index contributed by atoms with van der Waals surface area (Å²) in [4.78, 5) is 24.8. The number of piperidine rings is 1. The highest BCUT2D eigenvalue weighted by molar-refractivity contribution is 5.91. The molecule has 1 aromatic heterocycles. The van der Waals surface area contributed by atoms with Crippen molar-refractivity contribution in [3.05, 3.63) is 59.5 Å². The number of hydrogen-bond acceptors (Lipinski definition) is 4. The van der Waals surface area contributed by atoms with E-state index in [9.17, 15) is 14.7 Å². The third kappa shape index (κ3) is 3.33. The summed E-state index contributed by atoms with van der Waals surface area (Å²) in [6, 6.07) is 10.3. The Hall–Kier alpha value is -2.60. The molecule has 1 saturated heterocycles. The summed E-state index contributed by atoms with van der Waals surface area (Å²) in [5.74, 6) is -0.788. The van der Waals surface area contributed by atoms with Gasteiger partial charge in [0.15, 0.2) is 5.76 Å². The second-order valence-corrected chi connectivity index (χ2v) is 6.07. The van der Waals surface area contributed by atoms with E-state index in [0.717, 1.165) is 0 Å². The Bertz CT molecular complexity index is 730. The normalized spacial score (nSPS) is 16.8. The Balaban J connectivity index is 1.70. The zero-order chi connectivity index (χ0) is 17.2. The molecular formula is C18H19NO5. The summed E-state index contributed by atoms with van der Waals surface area (Å²) in [5, 5.41) is 19.8. The number of carboxylic acid groups (broad SMARTS) is 1. The van der Waals surface area contributed by atoms with Crippen LogP contribution in [0.2, 0.25) is 0 Å². The van der Waals surface area contributed by atoms with Crippen LogP contribution in [0.1, 0.15) is 34.5 Å². The largest absolute Gasteiger partial charge is 0.481 e. The summed E-state index contributed by atoms with van der Waals surface area (Å²) in [6.45, 7) is 0.832. The first kappa shape index (κ1) is 16.3. The molecule has 6 nitrogen and oxygen atoms in total. The second-order valence-electron chi connectivity index (χ2n) is 6.07. The van der Waals surface area contributed by atoms with Crippen LogP contribution in [0.5, 0.6) is 0 Å². The minimum atomic E-state index is -1.05. The van der Waals surface area contributed by atoms with Gasteiger partial charge in [0.1, 0.15) is 0 Å². The van der Waals surface area contributed by atoms with Crippen LogP contribution in [0.4, 0.5) is 0 Å². The second kappa shape index (κ2) is 6.49. The molecule has 2 N–H and O–H groups in total. The topological polar surface area (TPSA) is 91.0 Å². The van der Waals surface area contributed by atoms with Crippen molar-refractivity contribution >= 4 is 11.9 Å². The van der Waals surface area contributed by atoms with E-state index in [1.54, 1.807) is 41.3 Å². The summed E-state index contributed by atoms with van der Waals surface area (Å²) in [6.07, 6.45) is 2.18. The maximum absolute atomic E-state index is 12.3. The van der Waals surface area contributed by atoms with Gasteiger partial charge in [-0.15, -0.1) is 0 Å². The van der Waals surface area contributed by atoms with Gasteiger partial charge in [-0.05, 0) is 36.1 Å². The molecule has 3 rings (SSSR count). The van der Waals surface area contributed by atoms with Gasteiger partial charge in [0.05, 0.1) is 18.3 Å². The predicted molar refractivity (Wildman–Crippen MR) is 85.5 cm³/mol. The quantitative estimate of drug-likeness (QED) is 0.895. The zero-order valence-electron chi connectivity index (χ0n) is 13.1. The first-order valence-corrected chi connectivity index (χ1v) is 7.84. The van der Waals surface area contributed by atoms with Crippen molar-refractivity contribution in [3.8, 4) is 0 Å². The summed E-state index contributed by atoms with van der Waals surface area (Å²) < 4.78 is 5.13. The molecule has 24 heavy (non-hydrogen) atoms. The van der Waals surface area contributed by atoms with Crippen molar-refractivity contribution in [1.82, 2.24) is 4.90 Å². The minimum absolute atomic E-state index is 0.0764. The van der Waals surface area contributed by atoms with E-state index in [2.05, 4.69) is 0 Å². The molecule has 2 heterocycles. The number of aliphatic carboxylic acids is 1. The van der Waals surface area contributed by atoms with Gasteiger partial charge in [-0.25, -0.2) is 0 Å². The highest BCUT2D eigenvalue weighted by Gasteiger charge is 2.36. The molecule has 0 atom stereocenters. The number of hydrogen-bond donors (Lipinski definition) is 2. The number of carbonyl (C=O) groups is 2. The number of nitrogens with zero attached hydrogens (tertiary/aromatic N) is 1. The number of benzene rings is 1. The Kier molecular flexibility index (Phi) is 4.40. The lowest BCUT2D eigenvalue weighted by molar-refractivity contribution is -0.136. The third-order valence-corrected chi connectivity index (χ3v) is 4.43. The van der Waals surface area contributed by atoms with Crippen LogP contribution < -0.4 is 0 Å². The molecular weight excluding hydrogens is 310 g/mol. The lowest BCUT2D eigenvalue weighted by Crippen LogP contribution is -2.45.